The molecule has 1 aliphatic rings. The lowest BCUT2D eigenvalue weighted by Gasteiger charge is -2.35. The molecule has 0 saturated carbocycles. The molecule has 8 nitrogen and oxygen atoms in total. The van der Waals surface area contributed by atoms with Crippen molar-refractivity contribution in [3.05, 3.63) is 90.2 Å². The van der Waals surface area contributed by atoms with E-state index in [0.29, 0.717) is 29.6 Å². The molecule has 1 amide bonds. The van der Waals surface area contributed by atoms with E-state index < -0.39 is 0 Å². The van der Waals surface area contributed by atoms with Crippen molar-refractivity contribution in [2.75, 3.05) is 6.54 Å². The van der Waals surface area contributed by atoms with Crippen LogP contribution in [0.1, 0.15) is 47.2 Å². The molecule has 2 aromatic carbocycles. The molecular formula is C25H23FN6O2. The number of benzene rings is 2. The predicted octanol–water partition coefficient (Wildman–Crippen LogP) is 4.66. The van der Waals surface area contributed by atoms with Gasteiger partial charge in [0.1, 0.15) is 24.2 Å². The highest BCUT2D eigenvalue weighted by Crippen LogP contribution is 2.32. The molecule has 2 aromatic heterocycles. The molecule has 1 saturated heterocycles. The maximum absolute atomic E-state index is 13.6. The highest BCUT2D eigenvalue weighted by molar-refractivity contribution is 5.95. The standard InChI is InChI=1S/C25H23FN6O2/c1-17-13-23(34-21-10-8-19(26)9-11-21)30-24(29-17)22-7-2-3-12-32(22)25(33)18-5-4-6-20(14-18)31-15-27-28-16-31/h4-6,8-11,13-16,22H,2-3,7,12H2,1H3/t22-/m0/s1. The Labute approximate surface area is 196 Å². The minimum Gasteiger partial charge on any atom is -0.439 e. The first-order valence-corrected chi connectivity index (χ1v) is 11.1. The fraction of sp³-hybridized carbons (Fsp3) is 0.240. The topological polar surface area (TPSA) is 86.0 Å². The molecule has 1 atom stereocenters. The summed E-state index contributed by atoms with van der Waals surface area (Å²) in [5, 5.41) is 7.67. The minimum absolute atomic E-state index is 0.0780. The van der Waals surface area contributed by atoms with Crippen molar-refractivity contribution < 1.29 is 13.9 Å². The van der Waals surface area contributed by atoms with Crippen LogP contribution in [0.3, 0.4) is 0 Å². The summed E-state index contributed by atoms with van der Waals surface area (Å²) in [5.74, 6) is 0.969. The first-order chi connectivity index (χ1) is 16.6. The van der Waals surface area contributed by atoms with Gasteiger partial charge in [-0.05, 0) is 68.7 Å². The summed E-state index contributed by atoms with van der Waals surface area (Å²) >= 11 is 0. The lowest BCUT2D eigenvalue weighted by atomic mass is 9.99. The minimum atomic E-state index is -0.336. The molecule has 34 heavy (non-hydrogen) atoms. The molecular weight excluding hydrogens is 435 g/mol. The van der Waals surface area contributed by atoms with Crippen molar-refractivity contribution in [1.82, 2.24) is 29.6 Å². The normalized spacial score (nSPS) is 15.8. The third-order valence-corrected chi connectivity index (χ3v) is 5.76. The van der Waals surface area contributed by atoms with Gasteiger partial charge in [0, 0.05) is 29.6 Å². The van der Waals surface area contributed by atoms with Crippen LogP contribution in [0.2, 0.25) is 0 Å². The zero-order valence-corrected chi connectivity index (χ0v) is 18.6. The van der Waals surface area contributed by atoms with E-state index >= 15 is 0 Å². The van der Waals surface area contributed by atoms with Gasteiger partial charge >= 0.3 is 0 Å². The number of piperidine rings is 1. The SMILES string of the molecule is Cc1cc(Oc2ccc(F)cc2)nc([C@@H]2CCCCN2C(=O)c2cccc(-n3cnnc3)c2)n1. The summed E-state index contributed by atoms with van der Waals surface area (Å²) in [5.41, 5.74) is 2.12. The van der Waals surface area contributed by atoms with Gasteiger partial charge in [-0.15, -0.1) is 10.2 Å². The lowest BCUT2D eigenvalue weighted by molar-refractivity contribution is 0.0598. The van der Waals surface area contributed by atoms with E-state index in [1.807, 2.05) is 36.1 Å². The zero-order valence-electron chi connectivity index (χ0n) is 18.6. The number of halogens is 1. The molecule has 9 heteroatoms. The van der Waals surface area contributed by atoms with Gasteiger partial charge in [0.05, 0.1) is 6.04 Å². The summed E-state index contributed by atoms with van der Waals surface area (Å²) in [4.78, 5) is 24.6. The molecule has 0 aliphatic carbocycles. The molecule has 0 radical (unpaired) electrons. The summed E-state index contributed by atoms with van der Waals surface area (Å²) in [6.07, 6.45) is 5.84. The van der Waals surface area contributed by atoms with Crippen molar-refractivity contribution in [3.8, 4) is 17.3 Å². The number of nitrogens with zero attached hydrogens (tertiary/aromatic N) is 6. The number of amides is 1. The second-order valence-corrected chi connectivity index (χ2v) is 8.19. The molecule has 1 aliphatic heterocycles. The molecule has 0 N–H and O–H groups in total. The lowest BCUT2D eigenvalue weighted by Crippen LogP contribution is -2.39. The smallest absolute Gasteiger partial charge is 0.254 e. The Morgan fingerprint density at radius 3 is 2.62 bits per heavy atom. The fourth-order valence-corrected chi connectivity index (χ4v) is 4.13. The predicted molar refractivity (Wildman–Crippen MR) is 122 cm³/mol. The van der Waals surface area contributed by atoms with Crippen LogP contribution >= 0.6 is 0 Å². The number of carbonyl (C=O) groups excluding carboxylic acids is 1. The molecule has 5 rings (SSSR count). The van der Waals surface area contributed by atoms with E-state index in [1.54, 1.807) is 35.4 Å². The maximum atomic E-state index is 13.6. The summed E-state index contributed by atoms with van der Waals surface area (Å²) < 4.78 is 20.8. The monoisotopic (exact) mass is 458 g/mol. The third kappa shape index (κ3) is 4.63. The molecule has 1 fully saturated rings. The molecule has 0 bridgehead atoms. The molecule has 172 valence electrons. The number of aromatic nitrogens is 5. The second kappa shape index (κ2) is 9.38. The van der Waals surface area contributed by atoms with Crippen LogP contribution in [0.25, 0.3) is 5.69 Å². The van der Waals surface area contributed by atoms with Crippen LogP contribution in [0.4, 0.5) is 4.39 Å². The quantitative estimate of drug-likeness (QED) is 0.432. The van der Waals surface area contributed by atoms with Gasteiger partial charge in [-0.1, -0.05) is 6.07 Å². The summed E-state index contributed by atoms with van der Waals surface area (Å²) in [6, 6.07) is 14.6. The van der Waals surface area contributed by atoms with E-state index in [-0.39, 0.29) is 17.8 Å². The summed E-state index contributed by atoms with van der Waals surface area (Å²) in [7, 11) is 0. The number of likely N-dealkylation sites (tertiary alicyclic amines) is 1. The van der Waals surface area contributed by atoms with Crippen molar-refractivity contribution >= 4 is 5.91 Å². The van der Waals surface area contributed by atoms with E-state index in [2.05, 4.69) is 20.2 Å². The largest absolute Gasteiger partial charge is 0.439 e. The van der Waals surface area contributed by atoms with E-state index in [1.165, 1.54) is 12.1 Å². The van der Waals surface area contributed by atoms with E-state index in [9.17, 15) is 9.18 Å². The molecule has 0 unspecified atom stereocenters. The van der Waals surface area contributed by atoms with Crippen LogP contribution in [-0.2, 0) is 0 Å². The van der Waals surface area contributed by atoms with Crippen LogP contribution in [0, 0.1) is 12.7 Å². The Morgan fingerprint density at radius 1 is 1.03 bits per heavy atom. The van der Waals surface area contributed by atoms with Crippen LogP contribution in [0.15, 0.2) is 67.3 Å². The Balaban J connectivity index is 1.43. The number of aryl methyl sites for hydroxylation is 1. The first-order valence-electron chi connectivity index (χ1n) is 11.1. The van der Waals surface area contributed by atoms with Gasteiger partial charge in [-0.25, -0.2) is 9.37 Å². The van der Waals surface area contributed by atoms with Gasteiger partial charge in [0.15, 0.2) is 5.82 Å². The molecule has 3 heterocycles. The number of ether oxygens (including phenoxy) is 1. The summed E-state index contributed by atoms with van der Waals surface area (Å²) in [6.45, 7) is 2.48. The van der Waals surface area contributed by atoms with Crippen molar-refractivity contribution in [1.29, 1.82) is 0 Å². The second-order valence-electron chi connectivity index (χ2n) is 8.19. The first kappa shape index (κ1) is 21.7. The number of hydrogen-bond acceptors (Lipinski definition) is 6. The van der Waals surface area contributed by atoms with Gasteiger partial charge in [0.2, 0.25) is 5.88 Å². The molecule has 0 spiro atoms. The highest BCUT2D eigenvalue weighted by Gasteiger charge is 2.31. The molecule has 4 aromatic rings. The average Bonchev–Trinajstić information content (AvgIpc) is 3.40. The van der Waals surface area contributed by atoms with Crippen molar-refractivity contribution in [3.63, 3.8) is 0 Å². The van der Waals surface area contributed by atoms with Crippen molar-refractivity contribution in [2.45, 2.75) is 32.2 Å². The Bertz CT molecular complexity index is 1290. The maximum Gasteiger partial charge on any atom is 0.254 e. The Hall–Kier alpha value is -4.14. The average molecular weight is 458 g/mol. The van der Waals surface area contributed by atoms with Crippen molar-refractivity contribution in [2.24, 2.45) is 0 Å². The van der Waals surface area contributed by atoms with Crippen LogP contribution in [0.5, 0.6) is 11.6 Å². The number of rotatable bonds is 5. The third-order valence-electron chi connectivity index (χ3n) is 5.76. The van der Waals surface area contributed by atoms with E-state index in [4.69, 9.17) is 4.74 Å². The van der Waals surface area contributed by atoms with Gasteiger partial charge in [-0.3, -0.25) is 9.36 Å². The fourth-order valence-electron chi connectivity index (χ4n) is 4.13. The van der Waals surface area contributed by atoms with Gasteiger partial charge in [0.25, 0.3) is 5.91 Å². The Morgan fingerprint density at radius 2 is 1.82 bits per heavy atom. The Kier molecular flexibility index (Phi) is 5.99. The van der Waals surface area contributed by atoms with Crippen LogP contribution in [-0.4, -0.2) is 42.1 Å². The number of carbonyl (C=O) groups is 1. The van der Waals surface area contributed by atoms with E-state index in [0.717, 1.165) is 30.6 Å². The highest BCUT2D eigenvalue weighted by atomic mass is 19.1. The van der Waals surface area contributed by atoms with Crippen LogP contribution < -0.4 is 4.74 Å². The number of hydrogen-bond donors (Lipinski definition) is 0. The van der Waals surface area contributed by atoms with Gasteiger partial charge in [-0.2, -0.15) is 4.98 Å². The van der Waals surface area contributed by atoms with Gasteiger partial charge < -0.3 is 9.64 Å². The zero-order chi connectivity index (χ0) is 23.5.